The van der Waals surface area contributed by atoms with E-state index >= 15 is 0 Å². The van der Waals surface area contributed by atoms with Gasteiger partial charge in [-0.3, -0.25) is 0 Å². The maximum absolute atomic E-state index is 5.78. The van der Waals surface area contributed by atoms with Gasteiger partial charge < -0.3 is 9.47 Å². The summed E-state index contributed by atoms with van der Waals surface area (Å²) in [5.41, 5.74) is 4.32. The molecule has 1 heterocycles. The Morgan fingerprint density at radius 3 is 2.35 bits per heavy atom. The standard InChI is InChI=1S/C14H24O2Si/c1-13(2)14(15-10-8-11-16-14)9-6-7-12-17(3,4)5/h1,6,8-11H2,2-5H3. The van der Waals surface area contributed by atoms with Crippen LogP contribution in [0.2, 0.25) is 19.6 Å². The largest absolute Gasteiger partial charge is 0.346 e. The third-order valence-electron chi connectivity index (χ3n) is 2.65. The number of ether oxygens (including phenoxy) is 2. The Labute approximate surface area is 106 Å². The normalized spacial score (nSPS) is 19.3. The van der Waals surface area contributed by atoms with Gasteiger partial charge in [0.05, 0.1) is 13.2 Å². The van der Waals surface area contributed by atoms with Gasteiger partial charge in [0.15, 0.2) is 5.79 Å². The molecule has 1 aliphatic rings. The van der Waals surface area contributed by atoms with Crippen molar-refractivity contribution in [2.45, 2.75) is 51.6 Å². The predicted octanol–water partition coefficient (Wildman–Crippen LogP) is 3.36. The van der Waals surface area contributed by atoms with E-state index in [1.165, 1.54) is 0 Å². The van der Waals surface area contributed by atoms with Gasteiger partial charge in [-0.15, -0.1) is 11.5 Å². The van der Waals surface area contributed by atoms with Gasteiger partial charge in [0.2, 0.25) is 0 Å². The summed E-state index contributed by atoms with van der Waals surface area (Å²) in [5.74, 6) is 2.69. The van der Waals surface area contributed by atoms with Crippen LogP contribution in [0.15, 0.2) is 12.2 Å². The van der Waals surface area contributed by atoms with Crippen molar-refractivity contribution in [1.29, 1.82) is 0 Å². The predicted molar refractivity (Wildman–Crippen MR) is 74.4 cm³/mol. The first kappa shape index (κ1) is 14.5. The fourth-order valence-corrected chi connectivity index (χ4v) is 2.39. The van der Waals surface area contributed by atoms with Crippen molar-refractivity contribution in [3.8, 4) is 11.5 Å². The fourth-order valence-electron chi connectivity index (χ4n) is 1.73. The van der Waals surface area contributed by atoms with Crippen LogP contribution in [-0.4, -0.2) is 27.1 Å². The summed E-state index contributed by atoms with van der Waals surface area (Å²) < 4.78 is 11.6. The number of rotatable bonds is 3. The molecule has 0 saturated carbocycles. The first-order chi connectivity index (χ1) is 7.86. The molecule has 0 aromatic heterocycles. The van der Waals surface area contributed by atoms with Crippen LogP contribution in [0.3, 0.4) is 0 Å². The lowest BCUT2D eigenvalue weighted by atomic mass is 10.0. The lowest BCUT2D eigenvalue weighted by Crippen LogP contribution is -2.41. The van der Waals surface area contributed by atoms with Gasteiger partial charge >= 0.3 is 0 Å². The minimum atomic E-state index is -1.26. The van der Waals surface area contributed by atoms with E-state index in [9.17, 15) is 0 Å². The third kappa shape index (κ3) is 4.67. The van der Waals surface area contributed by atoms with E-state index in [4.69, 9.17) is 9.47 Å². The molecule has 0 atom stereocenters. The van der Waals surface area contributed by atoms with Gasteiger partial charge in [0.25, 0.3) is 0 Å². The smallest absolute Gasteiger partial charge is 0.191 e. The van der Waals surface area contributed by atoms with Gasteiger partial charge in [0, 0.05) is 12.8 Å². The highest BCUT2D eigenvalue weighted by Crippen LogP contribution is 2.30. The first-order valence-electron chi connectivity index (χ1n) is 6.30. The molecule has 3 heteroatoms. The first-order valence-corrected chi connectivity index (χ1v) is 9.80. The van der Waals surface area contributed by atoms with Crippen molar-refractivity contribution in [2.75, 3.05) is 13.2 Å². The van der Waals surface area contributed by atoms with E-state index in [1.807, 2.05) is 6.92 Å². The van der Waals surface area contributed by atoms with Crippen molar-refractivity contribution in [1.82, 2.24) is 0 Å². The molecule has 1 saturated heterocycles. The summed E-state index contributed by atoms with van der Waals surface area (Å²) in [4.78, 5) is 0. The Kier molecular flexibility index (Phi) is 5.00. The zero-order chi connectivity index (χ0) is 12.9. The van der Waals surface area contributed by atoms with E-state index in [-0.39, 0.29) is 0 Å². The SMILES string of the molecule is C=C(C)C1(CCC#C[Si](C)(C)C)OCCCO1. The lowest BCUT2D eigenvalue weighted by Gasteiger charge is -2.37. The summed E-state index contributed by atoms with van der Waals surface area (Å²) in [7, 11) is -1.26. The molecule has 1 rings (SSSR count). The highest BCUT2D eigenvalue weighted by atomic mass is 28.3. The Balaban J connectivity index is 2.56. The summed E-state index contributed by atoms with van der Waals surface area (Å²) in [6, 6.07) is 0. The molecular weight excluding hydrogens is 228 g/mol. The molecule has 0 aromatic carbocycles. The van der Waals surface area contributed by atoms with E-state index in [2.05, 4.69) is 37.7 Å². The second-order valence-electron chi connectivity index (χ2n) is 5.64. The molecule has 96 valence electrons. The Bertz CT molecular complexity index is 324. The number of hydrogen-bond acceptors (Lipinski definition) is 2. The second-order valence-corrected chi connectivity index (χ2v) is 10.4. The molecule has 0 bridgehead atoms. The van der Waals surface area contributed by atoms with Crippen molar-refractivity contribution in [3.05, 3.63) is 12.2 Å². The lowest BCUT2D eigenvalue weighted by molar-refractivity contribution is -0.245. The molecule has 0 aliphatic carbocycles. The van der Waals surface area contributed by atoms with E-state index in [0.717, 1.165) is 38.0 Å². The van der Waals surface area contributed by atoms with Crippen LogP contribution in [0.25, 0.3) is 0 Å². The van der Waals surface area contributed by atoms with Crippen molar-refractivity contribution < 1.29 is 9.47 Å². The van der Waals surface area contributed by atoms with Crippen LogP contribution in [-0.2, 0) is 9.47 Å². The molecule has 1 fully saturated rings. The van der Waals surface area contributed by atoms with E-state index in [0.29, 0.717) is 0 Å². The fraction of sp³-hybridized carbons (Fsp3) is 0.714. The molecule has 0 N–H and O–H groups in total. The maximum atomic E-state index is 5.78. The molecule has 0 unspecified atom stereocenters. The van der Waals surface area contributed by atoms with Crippen LogP contribution in [0, 0.1) is 11.5 Å². The molecule has 0 aromatic rings. The Hall–Kier alpha value is -0.563. The number of hydrogen-bond donors (Lipinski definition) is 0. The summed E-state index contributed by atoms with van der Waals surface area (Å²) in [6.45, 7) is 14.2. The molecule has 17 heavy (non-hydrogen) atoms. The monoisotopic (exact) mass is 252 g/mol. The second kappa shape index (κ2) is 5.86. The average Bonchev–Trinajstić information content (AvgIpc) is 2.24. The van der Waals surface area contributed by atoms with Gasteiger partial charge in [-0.1, -0.05) is 26.2 Å². The van der Waals surface area contributed by atoms with Gasteiger partial charge in [-0.2, -0.15) is 0 Å². The average molecular weight is 252 g/mol. The minimum Gasteiger partial charge on any atom is -0.346 e. The van der Waals surface area contributed by atoms with Crippen LogP contribution in [0.4, 0.5) is 0 Å². The van der Waals surface area contributed by atoms with Crippen molar-refractivity contribution in [3.63, 3.8) is 0 Å². The highest BCUT2D eigenvalue weighted by Gasteiger charge is 2.34. The van der Waals surface area contributed by atoms with Crippen molar-refractivity contribution in [2.24, 2.45) is 0 Å². The van der Waals surface area contributed by atoms with Crippen LogP contribution < -0.4 is 0 Å². The third-order valence-corrected chi connectivity index (χ3v) is 3.58. The Morgan fingerprint density at radius 1 is 1.29 bits per heavy atom. The van der Waals surface area contributed by atoms with Gasteiger partial charge in [0.1, 0.15) is 8.07 Å². The van der Waals surface area contributed by atoms with Gasteiger partial charge in [-0.05, 0) is 18.9 Å². The molecule has 0 radical (unpaired) electrons. The highest BCUT2D eigenvalue weighted by molar-refractivity contribution is 6.83. The maximum Gasteiger partial charge on any atom is 0.191 e. The summed E-state index contributed by atoms with van der Waals surface area (Å²) in [6.07, 6.45) is 2.58. The zero-order valence-electron chi connectivity index (χ0n) is 11.6. The molecule has 1 aliphatic heterocycles. The van der Waals surface area contributed by atoms with E-state index < -0.39 is 13.9 Å². The Morgan fingerprint density at radius 2 is 1.88 bits per heavy atom. The van der Waals surface area contributed by atoms with Crippen LogP contribution in [0.5, 0.6) is 0 Å². The van der Waals surface area contributed by atoms with E-state index in [1.54, 1.807) is 0 Å². The molecular formula is C14H24O2Si. The van der Waals surface area contributed by atoms with Crippen LogP contribution >= 0.6 is 0 Å². The molecule has 0 spiro atoms. The van der Waals surface area contributed by atoms with Crippen LogP contribution in [0.1, 0.15) is 26.2 Å². The van der Waals surface area contributed by atoms with Gasteiger partial charge in [-0.25, -0.2) is 0 Å². The summed E-state index contributed by atoms with van der Waals surface area (Å²) >= 11 is 0. The zero-order valence-corrected chi connectivity index (χ0v) is 12.6. The minimum absolute atomic E-state index is 0.577. The molecule has 2 nitrogen and oxygen atoms in total. The molecule has 0 amide bonds. The quantitative estimate of drug-likeness (QED) is 0.436. The van der Waals surface area contributed by atoms with Crippen molar-refractivity contribution >= 4 is 8.07 Å². The topological polar surface area (TPSA) is 18.5 Å². The summed E-state index contributed by atoms with van der Waals surface area (Å²) in [5, 5.41) is 0.